The van der Waals surface area contributed by atoms with E-state index >= 15 is 0 Å². The summed E-state index contributed by atoms with van der Waals surface area (Å²) in [5.41, 5.74) is 1.68. The van der Waals surface area contributed by atoms with E-state index in [1.54, 1.807) is 12.4 Å². The summed E-state index contributed by atoms with van der Waals surface area (Å²) in [6.07, 6.45) is 3.20. The molecule has 4 nitrogen and oxygen atoms in total. The van der Waals surface area contributed by atoms with Crippen LogP contribution in [0.5, 0.6) is 0 Å². The molecule has 68 valence electrons. The number of amides is 1. The Kier molecular flexibility index (Phi) is 1.76. The number of hydrogen-bond acceptors (Lipinski definition) is 3. The lowest BCUT2D eigenvalue weighted by Crippen LogP contribution is -2.30. The van der Waals surface area contributed by atoms with Gasteiger partial charge in [0, 0.05) is 18.2 Å². The third-order valence-electron chi connectivity index (χ3n) is 2.27. The Labute approximate surface area is 76.6 Å². The minimum Gasteiger partial charge on any atom is -0.332 e. The van der Waals surface area contributed by atoms with Gasteiger partial charge in [-0.1, -0.05) is 0 Å². The standard InChI is InChI=1S/C9H11N3O/c1-6(2)12-5-7-3-10-11-4-8(7)9(12)13/h3-4,6H,5H2,1-2H3. The van der Waals surface area contributed by atoms with Crippen LogP contribution in [0, 0.1) is 0 Å². The molecule has 2 heterocycles. The van der Waals surface area contributed by atoms with E-state index in [1.165, 1.54) is 0 Å². The maximum atomic E-state index is 11.7. The summed E-state index contributed by atoms with van der Waals surface area (Å²) in [7, 11) is 0. The lowest BCUT2D eigenvalue weighted by atomic mass is 10.2. The van der Waals surface area contributed by atoms with E-state index in [0.717, 1.165) is 5.56 Å². The molecule has 0 radical (unpaired) electrons. The summed E-state index contributed by atoms with van der Waals surface area (Å²) in [6.45, 7) is 4.68. The molecule has 2 rings (SSSR count). The first-order valence-corrected chi connectivity index (χ1v) is 4.30. The highest BCUT2D eigenvalue weighted by Gasteiger charge is 2.29. The molecule has 0 aromatic carbocycles. The van der Waals surface area contributed by atoms with Crippen molar-refractivity contribution in [3.63, 3.8) is 0 Å². The van der Waals surface area contributed by atoms with Gasteiger partial charge in [-0.15, -0.1) is 0 Å². The molecule has 4 heteroatoms. The van der Waals surface area contributed by atoms with Crippen LogP contribution in [0.2, 0.25) is 0 Å². The van der Waals surface area contributed by atoms with Gasteiger partial charge in [-0.05, 0) is 13.8 Å². The van der Waals surface area contributed by atoms with Gasteiger partial charge in [0.2, 0.25) is 0 Å². The summed E-state index contributed by atoms with van der Waals surface area (Å²) >= 11 is 0. The van der Waals surface area contributed by atoms with Crippen molar-refractivity contribution in [2.75, 3.05) is 0 Å². The van der Waals surface area contributed by atoms with E-state index in [2.05, 4.69) is 10.2 Å². The first-order chi connectivity index (χ1) is 6.20. The fourth-order valence-corrected chi connectivity index (χ4v) is 1.49. The van der Waals surface area contributed by atoms with Crippen LogP contribution in [0.25, 0.3) is 0 Å². The molecule has 13 heavy (non-hydrogen) atoms. The molecule has 0 bridgehead atoms. The topological polar surface area (TPSA) is 46.1 Å². The minimum absolute atomic E-state index is 0.0694. The van der Waals surface area contributed by atoms with Crippen molar-refractivity contribution in [2.24, 2.45) is 0 Å². The number of nitrogens with zero attached hydrogens (tertiary/aromatic N) is 3. The van der Waals surface area contributed by atoms with Crippen LogP contribution in [0.3, 0.4) is 0 Å². The first kappa shape index (κ1) is 8.16. The number of aromatic nitrogens is 2. The Balaban J connectivity index is 2.38. The number of hydrogen-bond donors (Lipinski definition) is 0. The molecule has 1 aromatic rings. The quantitative estimate of drug-likeness (QED) is 0.638. The molecule has 0 saturated heterocycles. The van der Waals surface area contributed by atoms with Gasteiger partial charge < -0.3 is 4.90 Å². The average molecular weight is 177 g/mol. The lowest BCUT2D eigenvalue weighted by Gasteiger charge is -2.19. The number of fused-ring (bicyclic) bond motifs is 1. The smallest absolute Gasteiger partial charge is 0.256 e. The van der Waals surface area contributed by atoms with Crippen molar-refractivity contribution >= 4 is 5.91 Å². The zero-order valence-electron chi connectivity index (χ0n) is 7.69. The van der Waals surface area contributed by atoms with Crippen molar-refractivity contribution in [3.05, 3.63) is 23.5 Å². The predicted molar refractivity (Wildman–Crippen MR) is 47.0 cm³/mol. The van der Waals surface area contributed by atoms with Gasteiger partial charge >= 0.3 is 0 Å². The molecular weight excluding hydrogens is 166 g/mol. The lowest BCUT2D eigenvalue weighted by molar-refractivity contribution is 0.0730. The molecule has 0 fully saturated rings. The molecule has 1 aromatic heterocycles. The van der Waals surface area contributed by atoms with Crippen molar-refractivity contribution in [2.45, 2.75) is 26.4 Å². The van der Waals surface area contributed by atoms with Gasteiger partial charge in [0.1, 0.15) is 0 Å². The van der Waals surface area contributed by atoms with E-state index in [-0.39, 0.29) is 11.9 Å². The zero-order chi connectivity index (χ0) is 9.42. The average Bonchev–Trinajstić information content (AvgIpc) is 2.45. The van der Waals surface area contributed by atoms with Crippen molar-refractivity contribution in [3.8, 4) is 0 Å². The summed E-state index contributed by atoms with van der Waals surface area (Å²) in [4.78, 5) is 13.5. The van der Waals surface area contributed by atoms with Gasteiger partial charge in [-0.25, -0.2) is 0 Å². The highest BCUT2D eigenvalue weighted by Crippen LogP contribution is 2.22. The van der Waals surface area contributed by atoms with Gasteiger partial charge in [0.25, 0.3) is 5.91 Å². The molecular formula is C9H11N3O. The van der Waals surface area contributed by atoms with Gasteiger partial charge in [0.05, 0.1) is 18.0 Å². The van der Waals surface area contributed by atoms with Crippen LogP contribution in [0.1, 0.15) is 29.8 Å². The predicted octanol–water partition coefficient (Wildman–Crippen LogP) is 0.841. The fourth-order valence-electron chi connectivity index (χ4n) is 1.49. The molecule has 0 unspecified atom stereocenters. The van der Waals surface area contributed by atoms with Crippen LogP contribution in [-0.2, 0) is 6.54 Å². The molecule has 0 N–H and O–H groups in total. The number of carbonyl (C=O) groups is 1. The van der Waals surface area contributed by atoms with Crippen molar-refractivity contribution in [1.29, 1.82) is 0 Å². The van der Waals surface area contributed by atoms with Crippen LogP contribution in [-0.4, -0.2) is 27.0 Å². The Morgan fingerprint density at radius 1 is 1.38 bits per heavy atom. The summed E-state index contributed by atoms with van der Waals surface area (Å²) in [5, 5.41) is 7.46. The van der Waals surface area contributed by atoms with Crippen LogP contribution < -0.4 is 0 Å². The number of rotatable bonds is 1. The Bertz CT molecular complexity index is 348. The minimum atomic E-state index is 0.0694. The van der Waals surface area contributed by atoms with Gasteiger partial charge in [-0.3, -0.25) is 4.79 Å². The summed E-state index contributed by atoms with van der Waals surface area (Å²) in [5.74, 6) is 0.0694. The highest BCUT2D eigenvalue weighted by atomic mass is 16.2. The van der Waals surface area contributed by atoms with Crippen LogP contribution in [0.15, 0.2) is 12.4 Å². The second-order valence-electron chi connectivity index (χ2n) is 3.45. The van der Waals surface area contributed by atoms with Crippen molar-refractivity contribution in [1.82, 2.24) is 15.1 Å². The van der Waals surface area contributed by atoms with Crippen molar-refractivity contribution < 1.29 is 4.79 Å². The normalized spacial score (nSPS) is 15.3. The molecule has 0 saturated carbocycles. The van der Waals surface area contributed by atoms with E-state index in [4.69, 9.17) is 0 Å². The summed E-state index contributed by atoms with van der Waals surface area (Å²) in [6, 6.07) is 0.236. The number of carbonyl (C=O) groups excluding carboxylic acids is 1. The van der Waals surface area contributed by atoms with E-state index < -0.39 is 0 Å². The molecule has 1 aliphatic heterocycles. The van der Waals surface area contributed by atoms with Gasteiger partial charge in [0.15, 0.2) is 0 Å². The second-order valence-corrected chi connectivity index (χ2v) is 3.45. The molecule has 1 amide bonds. The van der Waals surface area contributed by atoms with Crippen LogP contribution >= 0.6 is 0 Å². The van der Waals surface area contributed by atoms with E-state index in [0.29, 0.717) is 12.1 Å². The van der Waals surface area contributed by atoms with Crippen LogP contribution in [0.4, 0.5) is 0 Å². The maximum absolute atomic E-state index is 11.7. The largest absolute Gasteiger partial charge is 0.332 e. The van der Waals surface area contributed by atoms with E-state index in [1.807, 2.05) is 18.7 Å². The third kappa shape index (κ3) is 1.18. The highest BCUT2D eigenvalue weighted by molar-refractivity contribution is 5.98. The SMILES string of the molecule is CC(C)N1Cc2cnncc2C1=O. The fraction of sp³-hybridized carbons (Fsp3) is 0.444. The third-order valence-corrected chi connectivity index (χ3v) is 2.27. The van der Waals surface area contributed by atoms with E-state index in [9.17, 15) is 4.79 Å². The van der Waals surface area contributed by atoms with Gasteiger partial charge in [-0.2, -0.15) is 10.2 Å². The molecule has 0 spiro atoms. The second kappa shape index (κ2) is 2.80. The summed E-state index contributed by atoms with van der Waals surface area (Å²) < 4.78 is 0. The Morgan fingerprint density at radius 2 is 2.08 bits per heavy atom. The molecule has 0 aliphatic carbocycles. The Hall–Kier alpha value is -1.45. The Morgan fingerprint density at radius 3 is 2.69 bits per heavy atom. The molecule has 1 aliphatic rings. The molecule has 0 atom stereocenters. The maximum Gasteiger partial charge on any atom is 0.256 e. The zero-order valence-corrected chi connectivity index (χ0v) is 7.69. The first-order valence-electron chi connectivity index (χ1n) is 4.30. The monoisotopic (exact) mass is 177 g/mol.